The van der Waals surface area contributed by atoms with E-state index >= 15 is 0 Å². The van der Waals surface area contributed by atoms with E-state index in [0.29, 0.717) is 5.92 Å². The largest absolute Gasteiger partial charge is 0.396 e. The van der Waals surface area contributed by atoms with Crippen molar-refractivity contribution in [1.29, 1.82) is 0 Å². The summed E-state index contributed by atoms with van der Waals surface area (Å²) in [6.45, 7) is 6.62. The molecule has 1 aliphatic rings. The first-order chi connectivity index (χ1) is 11.0. The van der Waals surface area contributed by atoms with Crippen LogP contribution < -0.4 is 0 Å². The number of aliphatic hydroxyl groups is 4. The third-order valence-corrected chi connectivity index (χ3v) is 5.54. The van der Waals surface area contributed by atoms with Crippen molar-refractivity contribution in [2.24, 2.45) is 16.7 Å². The molecule has 0 unspecified atom stereocenters. The van der Waals surface area contributed by atoms with Crippen molar-refractivity contribution in [3.63, 3.8) is 0 Å². The molecule has 0 bridgehead atoms. The number of rotatable bonds is 9. The molecule has 0 aliphatic heterocycles. The van der Waals surface area contributed by atoms with Crippen LogP contribution >= 0.6 is 0 Å². The van der Waals surface area contributed by atoms with E-state index < -0.39 is 0 Å². The molecule has 0 saturated heterocycles. The molecule has 0 aromatic heterocycles. The van der Waals surface area contributed by atoms with E-state index in [4.69, 9.17) is 10.2 Å². The normalized spacial score (nSPS) is 16.8. The van der Waals surface area contributed by atoms with Gasteiger partial charge in [-0.05, 0) is 31.6 Å². The Kier molecular flexibility index (Phi) is 12.2. The first-order valence-corrected chi connectivity index (χ1v) is 9.41. The first-order valence-electron chi connectivity index (χ1n) is 9.41. The van der Waals surface area contributed by atoms with Gasteiger partial charge < -0.3 is 20.4 Å². The molecule has 4 nitrogen and oxygen atoms in total. The minimum atomic E-state index is -0.236. The van der Waals surface area contributed by atoms with Crippen LogP contribution in [0.15, 0.2) is 0 Å². The van der Waals surface area contributed by atoms with Crippen molar-refractivity contribution >= 4 is 0 Å². The Bertz CT molecular complexity index is 259. The van der Waals surface area contributed by atoms with Gasteiger partial charge in [0.15, 0.2) is 0 Å². The molecule has 0 radical (unpaired) electrons. The number of hydrogen-bond donors (Lipinski definition) is 4. The zero-order valence-corrected chi connectivity index (χ0v) is 15.6. The average molecular weight is 333 g/mol. The summed E-state index contributed by atoms with van der Waals surface area (Å²) in [7, 11) is 0. The lowest BCUT2D eigenvalue weighted by atomic mass is 9.71. The highest BCUT2D eigenvalue weighted by molar-refractivity contribution is 4.83. The number of aliphatic hydroxyl groups excluding tert-OH is 4. The highest BCUT2D eigenvalue weighted by Gasteiger charge is 2.33. The molecule has 1 aliphatic carbocycles. The monoisotopic (exact) mass is 332 g/mol. The summed E-state index contributed by atoms with van der Waals surface area (Å²) in [5, 5.41) is 36.5. The maximum absolute atomic E-state index is 9.18. The van der Waals surface area contributed by atoms with Gasteiger partial charge in [0.05, 0.1) is 26.4 Å². The Morgan fingerprint density at radius 2 is 1.17 bits per heavy atom. The molecule has 1 fully saturated rings. The summed E-state index contributed by atoms with van der Waals surface area (Å²) < 4.78 is 0. The Morgan fingerprint density at radius 3 is 1.48 bits per heavy atom. The molecular weight excluding hydrogens is 292 g/mol. The van der Waals surface area contributed by atoms with E-state index in [1.807, 2.05) is 6.92 Å². The van der Waals surface area contributed by atoms with Gasteiger partial charge in [-0.15, -0.1) is 0 Å². The van der Waals surface area contributed by atoms with Crippen LogP contribution in [0.3, 0.4) is 0 Å². The number of hydrogen-bond acceptors (Lipinski definition) is 4. The summed E-state index contributed by atoms with van der Waals surface area (Å²) in [4.78, 5) is 0. The van der Waals surface area contributed by atoms with Gasteiger partial charge >= 0.3 is 0 Å². The van der Waals surface area contributed by atoms with Crippen LogP contribution in [0.4, 0.5) is 0 Å². The zero-order valence-electron chi connectivity index (χ0n) is 15.6. The lowest BCUT2D eigenvalue weighted by Gasteiger charge is -2.37. The highest BCUT2D eigenvalue weighted by atomic mass is 16.3. The predicted octanol–water partition coefficient (Wildman–Crippen LogP) is 3.12. The summed E-state index contributed by atoms with van der Waals surface area (Å²) in [6.07, 6.45) is 10.1. The summed E-state index contributed by atoms with van der Waals surface area (Å²) in [6, 6.07) is 0. The molecule has 0 amide bonds. The fraction of sp³-hybridized carbons (Fsp3) is 1.00. The first kappa shape index (κ1) is 22.8. The quantitative estimate of drug-likeness (QED) is 0.523. The molecule has 0 atom stereocenters. The second-order valence-corrected chi connectivity index (χ2v) is 7.62. The SMILES string of the molecule is CC(CO)(CO)C1CCCCC1.CCCC(CO)(CO)CCC. The topological polar surface area (TPSA) is 80.9 Å². The molecule has 140 valence electrons. The second-order valence-electron chi connectivity index (χ2n) is 7.62. The molecule has 4 heteroatoms. The minimum Gasteiger partial charge on any atom is -0.396 e. The van der Waals surface area contributed by atoms with Crippen molar-refractivity contribution in [3.8, 4) is 0 Å². The fourth-order valence-electron chi connectivity index (χ4n) is 3.66. The minimum absolute atomic E-state index is 0.116. The Morgan fingerprint density at radius 1 is 0.739 bits per heavy atom. The van der Waals surface area contributed by atoms with E-state index in [9.17, 15) is 10.2 Å². The van der Waals surface area contributed by atoms with Gasteiger partial charge in [0, 0.05) is 10.8 Å². The van der Waals surface area contributed by atoms with Crippen LogP contribution in [-0.4, -0.2) is 46.9 Å². The van der Waals surface area contributed by atoms with Crippen LogP contribution in [-0.2, 0) is 0 Å². The van der Waals surface area contributed by atoms with Gasteiger partial charge in [-0.25, -0.2) is 0 Å². The van der Waals surface area contributed by atoms with E-state index in [2.05, 4.69) is 13.8 Å². The predicted molar refractivity (Wildman–Crippen MR) is 95.3 cm³/mol. The van der Waals surface area contributed by atoms with Gasteiger partial charge in [-0.1, -0.05) is 52.9 Å². The molecule has 1 rings (SSSR count). The van der Waals surface area contributed by atoms with Crippen molar-refractivity contribution in [2.45, 2.75) is 78.6 Å². The highest BCUT2D eigenvalue weighted by Crippen LogP contribution is 2.37. The summed E-state index contributed by atoms with van der Waals surface area (Å²) in [5.74, 6) is 0.529. The zero-order chi connectivity index (χ0) is 17.8. The fourth-order valence-corrected chi connectivity index (χ4v) is 3.66. The van der Waals surface area contributed by atoms with Crippen molar-refractivity contribution < 1.29 is 20.4 Å². The Labute approximate surface area is 142 Å². The van der Waals surface area contributed by atoms with Crippen LogP contribution in [0, 0.1) is 16.7 Å². The Balaban J connectivity index is 0.000000423. The van der Waals surface area contributed by atoms with Gasteiger partial charge in [-0.3, -0.25) is 0 Å². The standard InChI is InChI=1S/C10H20O2.C9H20O2/c1-10(7-11,8-12)9-5-3-2-4-6-9;1-3-5-9(7-10,8-11)6-4-2/h9,11-12H,2-8H2,1H3;10-11H,3-8H2,1-2H3. The molecule has 23 heavy (non-hydrogen) atoms. The van der Waals surface area contributed by atoms with Crippen molar-refractivity contribution in [2.75, 3.05) is 26.4 Å². The average Bonchev–Trinajstić information content (AvgIpc) is 2.62. The van der Waals surface area contributed by atoms with Crippen molar-refractivity contribution in [1.82, 2.24) is 0 Å². The van der Waals surface area contributed by atoms with Crippen LogP contribution in [0.1, 0.15) is 78.6 Å². The van der Waals surface area contributed by atoms with E-state index in [-0.39, 0.29) is 37.3 Å². The second kappa shape index (κ2) is 12.2. The Hall–Kier alpha value is -0.160. The van der Waals surface area contributed by atoms with E-state index in [0.717, 1.165) is 25.7 Å². The third kappa shape index (κ3) is 7.51. The molecule has 0 spiro atoms. The smallest absolute Gasteiger partial charge is 0.0509 e. The molecule has 0 heterocycles. The lowest BCUT2D eigenvalue weighted by molar-refractivity contribution is 0.00450. The van der Waals surface area contributed by atoms with Gasteiger partial charge in [-0.2, -0.15) is 0 Å². The van der Waals surface area contributed by atoms with Gasteiger partial charge in [0.25, 0.3) is 0 Å². The van der Waals surface area contributed by atoms with E-state index in [1.54, 1.807) is 0 Å². The molecule has 0 aromatic carbocycles. The van der Waals surface area contributed by atoms with Crippen molar-refractivity contribution in [3.05, 3.63) is 0 Å². The van der Waals surface area contributed by atoms with Gasteiger partial charge in [0.1, 0.15) is 0 Å². The van der Waals surface area contributed by atoms with Crippen LogP contribution in [0.25, 0.3) is 0 Å². The van der Waals surface area contributed by atoms with Crippen LogP contribution in [0.2, 0.25) is 0 Å². The molecule has 4 N–H and O–H groups in total. The summed E-state index contributed by atoms with van der Waals surface area (Å²) >= 11 is 0. The lowest BCUT2D eigenvalue weighted by Crippen LogP contribution is -2.36. The van der Waals surface area contributed by atoms with Crippen LogP contribution in [0.5, 0.6) is 0 Å². The van der Waals surface area contributed by atoms with Gasteiger partial charge in [0.2, 0.25) is 0 Å². The maximum atomic E-state index is 9.18. The molecule has 1 saturated carbocycles. The summed E-state index contributed by atoms with van der Waals surface area (Å²) in [5.41, 5.74) is -0.441. The molecule has 0 aromatic rings. The third-order valence-electron chi connectivity index (χ3n) is 5.54. The van der Waals surface area contributed by atoms with E-state index in [1.165, 1.54) is 32.1 Å². The molecular formula is C19H40O4. The maximum Gasteiger partial charge on any atom is 0.0509 e.